The molecule has 32 heavy (non-hydrogen) atoms. The molecule has 0 unspecified atom stereocenters. The lowest BCUT2D eigenvalue weighted by Gasteiger charge is -2.17. The zero-order valence-corrected chi connectivity index (χ0v) is 19.1. The monoisotopic (exact) mass is 536 g/mol. The van der Waals surface area contributed by atoms with Crippen molar-refractivity contribution in [3.8, 4) is 11.8 Å². The predicted molar refractivity (Wildman–Crippen MR) is 110 cm³/mol. The molecule has 0 fully saturated rings. The molecule has 0 amide bonds. The largest absolute Gasteiger partial charge is 0.424 e. The van der Waals surface area contributed by atoms with Crippen molar-refractivity contribution in [2.24, 2.45) is 0 Å². The van der Waals surface area contributed by atoms with Crippen molar-refractivity contribution in [2.45, 2.75) is 37.5 Å². The van der Waals surface area contributed by atoms with Gasteiger partial charge in [0, 0.05) is 11.0 Å². The third kappa shape index (κ3) is 5.27. The van der Waals surface area contributed by atoms with Crippen molar-refractivity contribution >= 4 is 26.0 Å². The Balaban J connectivity index is 1.87. The number of nitrogens with one attached hydrogen (secondary N) is 1. The fourth-order valence-electron chi connectivity index (χ4n) is 2.84. The molecule has 0 aliphatic carbocycles. The molecule has 3 rings (SSSR count). The highest BCUT2D eigenvalue weighted by atomic mass is 79.9. The molecule has 0 spiro atoms. The van der Waals surface area contributed by atoms with E-state index in [1.165, 1.54) is 35.8 Å². The molecule has 0 saturated carbocycles. The summed E-state index contributed by atoms with van der Waals surface area (Å²) in [4.78, 5) is -0.565. The summed E-state index contributed by atoms with van der Waals surface area (Å²) >= 11 is 2.99. The quantitative estimate of drug-likeness (QED) is 0.427. The number of hydrogen-bond acceptors (Lipinski definition) is 5. The topological polar surface area (TPSA) is 86.1 Å². The molecule has 3 aromatic rings. The second kappa shape index (κ2) is 9.16. The van der Waals surface area contributed by atoms with Crippen LogP contribution in [-0.4, -0.2) is 23.2 Å². The van der Waals surface area contributed by atoms with Crippen LogP contribution < -0.4 is 9.46 Å². The van der Waals surface area contributed by atoms with Gasteiger partial charge in [-0.25, -0.2) is 17.5 Å². The Bertz CT molecular complexity index is 1210. The molecule has 2 aromatic carbocycles. The summed E-state index contributed by atoms with van der Waals surface area (Å²) in [6.45, 7) is 3.52. The lowest BCUT2D eigenvalue weighted by Crippen LogP contribution is -2.29. The average molecular weight is 537 g/mol. The van der Waals surface area contributed by atoms with Gasteiger partial charge in [-0.1, -0.05) is 5.10 Å². The number of aromatic nitrogens is 3. The van der Waals surface area contributed by atoms with Crippen LogP contribution in [0.25, 0.3) is 0 Å². The van der Waals surface area contributed by atoms with Crippen LogP contribution in [0.15, 0.2) is 51.8 Å². The first-order chi connectivity index (χ1) is 14.9. The van der Waals surface area contributed by atoms with Gasteiger partial charge in [0.25, 0.3) is 0 Å². The van der Waals surface area contributed by atoms with Gasteiger partial charge in [0.1, 0.15) is 11.6 Å². The van der Waals surface area contributed by atoms with Crippen LogP contribution in [0.4, 0.5) is 17.6 Å². The number of alkyl halides is 3. The molecule has 7 nitrogen and oxygen atoms in total. The molecular weight excluding hydrogens is 520 g/mol. The van der Waals surface area contributed by atoms with E-state index in [9.17, 15) is 26.0 Å². The van der Waals surface area contributed by atoms with Gasteiger partial charge >= 0.3 is 12.2 Å². The van der Waals surface area contributed by atoms with Gasteiger partial charge in [0.2, 0.25) is 10.0 Å². The summed E-state index contributed by atoms with van der Waals surface area (Å²) in [7, 11) is -4.36. The fraction of sp³-hybridized carbons (Fsp3) is 0.263. The molecule has 1 atom stereocenters. The molecule has 0 saturated heterocycles. The van der Waals surface area contributed by atoms with E-state index in [1.54, 1.807) is 6.92 Å². The first kappa shape index (κ1) is 24.1. The average Bonchev–Trinajstić information content (AvgIpc) is 3.11. The summed E-state index contributed by atoms with van der Waals surface area (Å²) in [6, 6.07) is 6.61. The summed E-state index contributed by atoms with van der Waals surface area (Å²) in [5.74, 6) is 0.0243. The Labute approximate surface area is 189 Å². The van der Waals surface area contributed by atoms with Crippen LogP contribution in [0.3, 0.4) is 0 Å². The first-order valence-electron chi connectivity index (χ1n) is 9.18. The number of rotatable bonds is 7. The van der Waals surface area contributed by atoms with E-state index in [-0.39, 0.29) is 16.3 Å². The highest BCUT2D eigenvalue weighted by Crippen LogP contribution is 2.34. The van der Waals surface area contributed by atoms with Crippen molar-refractivity contribution in [3.05, 3.63) is 64.1 Å². The molecule has 0 aliphatic rings. The van der Waals surface area contributed by atoms with Gasteiger partial charge in [-0.15, -0.1) is 5.10 Å². The summed E-state index contributed by atoms with van der Waals surface area (Å²) in [5, 5.41) is 7.85. The maximum atomic E-state index is 13.1. The van der Waals surface area contributed by atoms with Gasteiger partial charge in [0.15, 0.2) is 5.82 Å². The van der Waals surface area contributed by atoms with Gasteiger partial charge in [0.05, 0.1) is 16.5 Å². The van der Waals surface area contributed by atoms with Gasteiger partial charge in [-0.3, -0.25) is 4.57 Å². The Morgan fingerprint density at radius 3 is 2.41 bits per heavy atom. The molecule has 0 bridgehead atoms. The number of ether oxygens (including phenoxy) is 1. The Morgan fingerprint density at radius 1 is 1.16 bits per heavy atom. The third-order valence-electron chi connectivity index (χ3n) is 4.35. The first-order valence-corrected chi connectivity index (χ1v) is 11.5. The van der Waals surface area contributed by atoms with Crippen molar-refractivity contribution in [1.82, 2.24) is 19.5 Å². The number of nitrogens with zero attached hydrogens (tertiary/aromatic N) is 3. The van der Waals surface area contributed by atoms with Crippen LogP contribution in [0.2, 0.25) is 0 Å². The van der Waals surface area contributed by atoms with Gasteiger partial charge < -0.3 is 4.74 Å². The standard InChI is InChI=1S/C19H17BrF4N4O3S/c1-3-28-17(25-26-18(28)31-14-7-5-13(21)6-8-14)11(2)27-32(29,30)16-10-12(19(22,23)24)4-9-15(16)20/h4-11,27H,3H2,1-2H3/t11-/m1/s1. The van der Waals surface area contributed by atoms with E-state index in [4.69, 9.17) is 4.74 Å². The molecular formula is C19H17BrF4N4O3S. The minimum Gasteiger partial charge on any atom is -0.424 e. The molecule has 0 radical (unpaired) electrons. The summed E-state index contributed by atoms with van der Waals surface area (Å²) in [6.07, 6.45) is -4.70. The molecule has 172 valence electrons. The van der Waals surface area contributed by atoms with E-state index < -0.39 is 38.5 Å². The molecule has 1 aromatic heterocycles. The zero-order chi connectivity index (χ0) is 23.7. The number of halogens is 5. The predicted octanol–water partition coefficient (Wildman–Crippen LogP) is 5.05. The number of sulfonamides is 1. The molecule has 13 heteroatoms. The van der Waals surface area contributed by atoms with Gasteiger partial charge in [-0.05, 0) is 72.2 Å². The van der Waals surface area contributed by atoms with E-state index in [0.29, 0.717) is 18.4 Å². The Hall–Kier alpha value is -2.51. The smallest absolute Gasteiger partial charge is 0.416 e. The Morgan fingerprint density at radius 2 is 1.81 bits per heavy atom. The second-order valence-corrected chi connectivity index (χ2v) is 9.16. The van der Waals surface area contributed by atoms with Crippen molar-refractivity contribution in [2.75, 3.05) is 0 Å². The van der Waals surface area contributed by atoms with Crippen molar-refractivity contribution < 1.29 is 30.7 Å². The summed E-state index contributed by atoms with van der Waals surface area (Å²) < 4.78 is 87.2. The molecule has 1 N–H and O–H groups in total. The normalized spacial score (nSPS) is 13.2. The van der Waals surface area contributed by atoms with Gasteiger partial charge in [-0.2, -0.15) is 13.2 Å². The summed E-state index contributed by atoms with van der Waals surface area (Å²) in [5.41, 5.74) is -1.10. The molecule has 1 heterocycles. The second-order valence-electron chi connectivity index (χ2n) is 6.63. The highest BCUT2D eigenvalue weighted by molar-refractivity contribution is 9.10. The SMILES string of the molecule is CCn1c(Oc2ccc(F)cc2)nnc1[C@@H](C)NS(=O)(=O)c1cc(C(F)(F)F)ccc1Br. The van der Waals surface area contributed by atoms with Crippen molar-refractivity contribution in [3.63, 3.8) is 0 Å². The zero-order valence-electron chi connectivity index (χ0n) is 16.7. The maximum Gasteiger partial charge on any atom is 0.416 e. The maximum absolute atomic E-state index is 13.1. The number of hydrogen-bond donors (Lipinski definition) is 1. The van der Waals surface area contributed by atoms with E-state index in [2.05, 4.69) is 30.8 Å². The van der Waals surface area contributed by atoms with Crippen LogP contribution in [0, 0.1) is 5.82 Å². The van der Waals surface area contributed by atoms with E-state index >= 15 is 0 Å². The van der Waals surface area contributed by atoms with Crippen LogP contribution in [0.1, 0.15) is 31.3 Å². The fourth-order valence-corrected chi connectivity index (χ4v) is 5.03. The van der Waals surface area contributed by atoms with Crippen LogP contribution >= 0.6 is 15.9 Å². The minimum atomic E-state index is -4.70. The minimum absolute atomic E-state index is 0.0255. The van der Waals surface area contributed by atoms with E-state index in [1.807, 2.05) is 0 Å². The lowest BCUT2D eigenvalue weighted by atomic mass is 10.2. The highest BCUT2D eigenvalue weighted by Gasteiger charge is 2.33. The number of benzene rings is 2. The van der Waals surface area contributed by atoms with Crippen LogP contribution in [-0.2, 0) is 22.7 Å². The van der Waals surface area contributed by atoms with Crippen molar-refractivity contribution in [1.29, 1.82) is 0 Å². The third-order valence-corrected chi connectivity index (χ3v) is 6.89. The molecule has 0 aliphatic heterocycles. The van der Waals surface area contributed by atoms with E-state index in [0.717, 1.165) is 12.1 Å². The van der Waals surface area contributed by atoms with Crippen LogP contribution in [0.5, 0.6) is 11.8 Å². The Kier molecular flexibility index (Phi) is 6.91. The lowest BCUT2D eigenvalue weighted by molar-refractivity contribution is -0.137.